The molecule has 12 heteroatoms. The highest BCUT2D eigenvalue weighted by Crippen LogP contribution is 2.37. The number of hydrogen-bond acceptors (Lipinski definition) is 11. The van der Waals surface area contributed by atoms with E-state index in [9.17, 15) is 24.3 Å². The van der Waals surface area contributed by atoms with Crippen LogP contribution in [0.4, 0.5) is 14.4 Å². The average molecular weight is 570 g/mol. The first-order valence-electron chi connectivity index (χ1n) is 13.4. The zero-order chi connectivity index (χ0) is 30.5. The molecule has 1 aromatic carbocycles. The standard InChI is InChI=1S/C28H43NO11/c1-8-10-14-35-25(32)38-20-13-12-19(16-21(20)39-26(33)36-15-11-9-2)22(23(29)24(30)31)17(3)18(4)37-27(34)40-28(5,6)7/h12-13,16-18,22-23H,8-11,14-15,29H2,1-7H3,(H,30,31)/t17?,18?,22?,23-/m0/s1. The van der Waals surface area contributed by atoms with Crippen LogP contribution in [0, 0.1) is 5.92 Å². The van der Waals surface area contributed by atoms with Crippen LogP contribution in [0.15, 0.2) is 18.2 Å². The van der Waals surface area contributed by atoms with Crippen molar-refractivity contribution in [1.82, 2.24) is 0 Å². The number of nitrogens with two attached hydrogens (primary N) is 1. The molecule has 1 rings (SSSR count). The van der Waals surface area contributed by atoms with Gasteiger partial charge in [-0.15, -0.1) is 0 Å². The lowest BCUT2D eigenvalue weighted by molar-refractivity contribution is -0.139. The van der Waals surface area contributed by atoms with Gasteiger partial charge in [-0.05, 0) is 58.2 Å². The summed E-state index contributed by atoms with van der Waals surface area (Å²) in [7, 11) is 0. The molecule has 0 spiro atoms. The van der Waals surface area contributed by atoms with Crippen LogP contribution >= 0.6 is 0 Å². The second kappa shape index (κ2) is 16.5. The number of benzene rings is 1. The van der Waals surface area contributed by atoms with Gasteiger partial charge in [0, 0.05) is 11.8 Å². The maximum absolute atomic E-state index is 12.3. The molecule has 0 saturated heterocycles. The fourth-order valence-corrected chi connectivity index (χ4v) is 3.55. The SMILES string of the molecule is CCCCOC(=O)Oc1ccc(C(C(C)C(C)OC(=O)OC(C)(C)C)[C@H](N)C(=O)O)cc1OC(=O)OCCCC. The molecule has 0 fully saturated rings. The van der Waals surface area contributed by atoms with Gasteiger partial charge in [-0.3, -0.25) is 4.79 Å². The number of carboxylic acid groups (broad SMARTS) is 1. The summed E-state index contributed by atoms with van der Waals surface area (Å²) in [6, 6.07) is 2.71. The molecule has 12 nitrogen and oxygen atoms in total. The van der Waals surface area contributed by atoms with E-state index < -0.39 is 54.0 Å². The summed E-state index contributed by atoms with van der Waals surface area (Å²) in [4.78, 5) is 48.7. The Morgan fingerprint density at radius 2 is 1.40 bits per heavy atom. The summed E-state index contributed by atoms with van der Waals surface area (Å²) >= 11 is 0. The highest BCUT2D eigenvalue weighted by atomic mass is 16.7. The number of rotatable bonds is 14. The normalized spacial score (nSPS) is 14.2. The van der Waals surface area contributed by atoms with Gasteiger partial charge in [-0.2, -0.15) is 0 Å². The van der Waals surface area contributed by atoms with E-state index in [4.69, 9.17) is 34.2 Å². The van der Waals surface area contributed by atoms with Crippen molar-refractivity contribution in [3.63, 3.8) is 0 Å². The molecule has 0 heterocycles. The van der Waals surface area contributed by atoms with E-state index in [0.29, 0.717) is 18.4 Å². The zero-order valence-electron chi connectivity index (χ0n) is 24.4. The number of ether oxygens (including phenoxy) is 6. The Bertz CT molecular complexity index is 989. The van der Waals surface area contributed by atoms with Crippen LogP contribution in [-0.4, -0.2) is 60.5 Å². The topological polar surface area (TPSA) is 170 Å². The molecule has 1 aromatic rings. The first-order valence-corrected chi connectivity index (χ1v) is 13.4. The molecule has 3 unspecified atom stereocenters. The smallest absolute Gasteiger partial charge is 0.480 e. The fourth-order valence-electron chi connectivity index (χ4n) is 3.55. The van der Waals surface area contributed by atoms with Crippen molar-refractivity contribution >= 4 is 24.4 Å². The maximum Gasteiger partial charge on any atom is 0.513 e. The third kappa shape index (κ3) is 12.1. The van der Waals surface area contributed by atoms with E-state index >= 15 is 0 Å². The minimum Gasteiger partial charge on any atom is -0.480 e. The maximum atomic E-state index is 12.3. The first kappa shape index (κ1) is 34.5. The second-order valence-corrected chi connectivity index (χ2v) is 10.4. The minimum absolute atomic E-state index is 0.118. The average Bonchev–Trinajstić information content (AvgIpc) is 2.84. The molecular weight excluding hydrogens is 526 g/mol. The van der Waals surface area contributed by atoms with Gasteiger partial charge < -0.3 is 39.3 Å². The van der Waals surface area contributed by atoms with Crippen LogP contribution in [0.25, 0.3) is 0 Å². The molecular formula is C28H43NO11. The molecule has 0 bridgehead atoms. The van der Waals surface area contributed by atoms with Gasteiger partial charge in [0.1, 0.15) is 17.7 Å². The zero-order valence-corrected chi connectivity index (χ0v) is 24.4. The van der Waals surface area contributed by atoms with Crippen LogP contribution in [0.3, 0.4) is 0 Å². The van der Waals surface area contributed by atoms with Gasteiger partial charge in [0.2, 0.25) is 0 Å². The van der Waals surface area contributed by atoms with Gasteiger partial charge >= 0.3 is 24.4 Å². The first-order chi connectivity index (χ1) is 18.7. The summed E-state index contributed by atoms with van der Waals surface area (Å²) < 4.78 is 31.2. The number of carboxylic acids is 1. The van der Waals surface area contributed by atoms with E-state index in [0.717, 1.165) is 12.8 Å². The third-order valence-electron chi connectivity index (χ3n) is 5.83. The molecule has 0 saturated carbocycles. The summed E-state index contributed by atoms with van der Waals surface area (Å²) in [5, 5.41) is 9.74. The number of unbranched alkanes of at least 4 members (excludes halogenated alkanes) is 2. The van der Waals surface area contributed by atoms with Crippen LogP contribution < -0.4 is 15.2 Å². The lowest BCUT2D eigenvalue weighted by Crippen LogP contribution is -2.43. The van der Waals surface area contributed by atoms with Crippen molar-refractivity contribution in [2.45, 2.75) is 97.8 Å². The quantitative estimate of drug-likeness (QED) is 0.120. The third-order valence-corrected chi connectivity index (χ3v) is 5.83. The van der Waals surface area contributed by atoms with Crippen molar-refractivity contribution in [1.29, 1.82) is 0 Å². The Labute approximate surface area is 235 Å². The van der Waals surface area contributed by atoms with E-state index in [-0.39, 0.29) is 24.7 Å². The number of aliphatic carboxylic acids is 1. The summed E-state index contributed by atoms with van der Waals surface area (Å²) in [6.07, 6.45) is -0.935. The molecule has 226 valence electrons. The molecule has 0 radical (unpaired) electrons. The van der Waals surface area contributed by atoms with Crippen molar-refractivity contribution < 1.29 is 52.7 Å². The Morgan fingerprint density at radius 1 is 0.875 bits per heavy atom. The molecule has 3 N–H and O–H groups in total. The van der Waals surface area contributed by atoms with E-state index in [1.54, 1.807) is 34.6 Å². The van der Waals surface area contributed by atoms with Crippen molar-refractivity contribution in [2.24, 2.45) is 11.7 Å². The second-order valence-electron chi connectivity index (χ2n) is 10.4. The molecule has 40 heavy (non-hydrogen) atoms. The summed E-state index contributed by atoms with van der Waals surface area (Å²) in [6.45, 7) is 12.4. The summed E-state index contributed by atoms with van der Waals surface area (Å²) in [5.41, 5.74) is 5.61. The number of carbonyl (C=O) groups is 4. The largest absolute Gasteiger partial charge is 0.513 e. The van der Waals surface area contributed by atoms with Gasteiger partial charge in [0.15, 0.2) is 11.5 Å². The van der Waals surface area contributed by atoms with Crippen LogP contribution in [0.2, 0.25) is 0 Å². The summed E-state index contributed by atoms with van der Waals surface area (Å²) in [5.74, 6) is -3.23. The highest BCUT2D eigenvalue weighted by Gasteiger charge is 2.36. The Morgan fingerprint density at radius 3 is 1.88 bits per heavy atom. The van der Waals surface area contributed by atoms with E-state index in [1.807, 2.05) is 13.8 Å². The Hall–Kier alpha value is -3.54. The Kier molecular flexibility index (Phi) is 14.3. The molecule has 0 aliphatic rings. The predicted octanol–water partition coefficient (Wildman–Crippen LogP) is 5.79. The molecule has 0 aromatic heterocycles. The number of hydrogen-bond donors (Lipinski definition) is 2. The van der Waals surface area contributed by atoms with Gasteiger partial charge in [-0.1, -0.05) is 39.7 Å². The molecule has 0 aliphatic carbocycles. The van der Waals surface area contributed by atoms with Gasteiger partial charge in [-0.25, -0.2) is 14.4 Å². The molecule has 0 aliphatic heterocycles. The number of carbonyl (C=O) groups excluding carboxylic acids is 3. The van der Waals surface area contributed by atoms with E-state index in [2.05, 4.69) is 0 Å². The van der Waals surface area contributed by atoms with Gasteiger partial charge in [0.05, 0.1) is 13.2 Å². The molecule has 0 amide bonds. The van der Waals surface area contributed by atoms with Gasteiger partial charge in [0.25, 0.3) is 0 Å². The van der Waals surface area contributed by atoms with Crippen LogP contribution in [0.5, 0.6) is 11.5 Å². The van der Waals surface area contributed by atoms with Crippen molar-refractivity contribution in [3.05, 3.63) is 23.8 Å². The van der Waals surface area contributed by atoms with E-state index in [1.165, 1.54) is 18.2 Å². The monoisotopic (exact) mass is 569 g/mol. The van der Waals surface area contributed by atoms with Crippen molar-refractivity contribution in [3.8, 4) is 11.5 Å². The lowest BCUT2D eigenvalue weighted by Gasteiger charge is -2.32. The van der Waals surface area contributed by atoms with Crippen LogP contribution in [-0.2, 0) is 23.7 Å². The highest BCUT2D eigenvalue weighted by molar-refractivity contribution is 5.75. The predicted molar refractivity (Wildman–Crippen MR) is 145 cm³/mol. The van der Waals surface area contributed by atoms with Crippen LogP contribution in [0.1, 0.15) is 85.6 Å². The van der Waals surface area contributed by atoms with Crippen molar-refractivity contribution in [2.75, 3.05) is 13.2 Å². The Balaban J connectivity index is 3.37. The minimum atomic E-state index is -1.44. The lowest BCUT2D eigenvalue weighted by atomic mass is 9.79. The fraction of sp³-hybridized carbons (Fsp3) is 0.643. The molecule has 4 atom stereocenters.